The van der Waals surface area contributed by atoms with E-state index in [2.05, 4.69) is 54.5 Å². The predicted molar refractivity (Wildman–Crippen MR) is 68.7 cm³/mol. The molecule has 0 saturated carbocycles. The molecule has 0 bridgehead atoms. The van der Waals surface area contributed by atoms with Crippen LogP contribution in [-0.4, -0.2) is 12.0 Å². The fourth-order valence-corrected chi connectivity index (χ4v) is 1.74. The minimum atomic E-state index is 0.941. The molecule has 0 unspecified atom stereocenters. The third-order valence-electron chi connectivity index (χ3n) is 2.70. The van der Waals surface area contributed by atoms with Crippen molar-refractivity contribution in [3.05, 3.63) is 47.7 Å². The van der Waals surface area contributed by atoms with Gasteiger partial charge in [0.05, 0.1) is 0 Å². The van der Waals surface area contributed by atoms with Gasteiger partial charge in [-0.05, 0) is 31.0 Å². The molecule has 16 heavy (non-hydrogen) atoms. The van der Waals surface area contributed by atoms with Crippen LogP contribution in [0.3, 0.4) is 0 Å². The lowest BCUT2D eigenvalue weighted by Crippen LogP contribution is -1.95. The molecule has 1 aromatic carbocycles. The fourth-order valence-electron chi connectivity index (χ4n) is 1.74. The number of hydrogen-bond donors (Lipinski definition) is 1. The van der Waals surface area contributed by atoms with Gasteiger partial charge >= 0.3 is 0 Å². The van der Waals surface area contributed by atoms with Crippen molar-refractivity contribution in [1.29, 1.82) is 0 Å². The Morgan fingerprint density at radius 1 is 1.00 bits per heavy atom. The molecule has 2 nitrogen and oxygen atoms in total. The topological polar surface area (TPSA) is 24.9 Å². The number of benzene rings is 1. The Bertz CT molecular complexity index is 487. The molecule has 2 aromatic rings. The molecule has 2 heteroatoms. The minimum Gasteiger partial charge on any atom is -0.373 e. The van der Waals surface area contributed by atoms with Gasteiger partial charge in [0.15, 0.2) is 0 Å². The van der Waals surface area contributed by atoms with Crippen molar-refractivity contribution >= 4 is 5.82 Å². The summed E-state index contributed by atoms with van der Waals surface area (Å²) in [5.41, 5.74) is 4.82. The first-order valence-corrected chi connectivity index (χ1v) is 5.42. The number of rotatable bonds is 2. The van der Waals surface area contributed by atoms with Crippen LogP contribution in [0.4, 0.5) is 5.82 Å². The number of aromatic nitrogens is 1. The van der Waals surface area contributed by atoms with Gasteiger partial charge in [0.25, 0.3) is 0 Å². The van der Waals surface area contributed by atoms with E-state index in [4.69, 9.17) is 0 Å². The SMILES string of the molecule is CNc1ncc(-c2ccc(C)cc2)cc1C. The largest absolute Gasteiger partial charge is 0.373 e. The third kappa shape index (κ3) is 2.06. The van der Waals surface area contributed by atoms with Crippen LogP contribution < -0.4 is 5.32 Å². The van der Waals surface area contributed by atoms with Crippen molar-refractivity contribution in [3.63, 3.8) is 0 Å². The van der Waals surface area contributed by atoms with Crippen LogP contribution in [0.2, 0.25) is 0 Å². The average molecular weight is 212 g/mol. The second-order valence-corrected chi connectivity index (χ2v) is 4.01. The monoisotopic (exact) mass is 212 g/mol. The number of nitrogens with zero attached hydrogens (tertiary/aromatic N) is 1. The van der Waals surface area contributed by atoms with E-state index in [0.717, 1.165) is 11.4 Å². The lowest BCUT2D eigenvalue weighted by Gasteiger charge is -2.07. The van der Waals surface area contributed by atoms with E-state index >= 15 is 0 Å². The number of hydrogen-bond acceptors (Lipinski definition) is 2. The maximum atomic E-state index is 4.38. The van der Waals surface area contributed by atoms with Crippen molar-refractivity contribution in [2.75, 3.05) is 12.4 Å². The second kappa shape index (κ2) is 4.35. The van der Waals surface area contributed by atoms with Gasteiger partial charge in [0.2, 0.25) is 0 Å². The molecule has 0 aliphatic carbocycles. The lowest BCUT2D eigenvalue weighted by atomic mass is 10.0. The molecule has 82 valence electrons. The smallest absolute Gasteiger partial charge is 0.128 e. The third-order valence-corrected chi connectivity index (χ3v) is 2.70. The Morgan fingerprint density at radius 2 is 1.69 bits per heavy atom. The van der Waals surface area contributed by atoms with Gasteiger partial charge in [-0.25, -0.2) is 4.98 Å². The van der Waals surface area contributed by atoms with E-state index in [-0.39, 0.29) is 0 Å². The molecule has 1 N–H and O–H groups in total. The number of pyridine rings is 1. The summed E-state index contributed by atoms with van der Waals surface area (Å²) in [6.07, 6.45) is 1.91. The summed E-state index contributed by atoms with van der Waals surface area (Å²) >= 11 is 0. The Balaban J connectivity index is 2.41. The highest BCUT2D eigenvalue weighted by atomic mass is 15.0. The summed E-state index contributed by atoms with van der Waals surface area (Å²) in [5, 5.41) is 3.07. The van der Waals surface area contributed by atoms with Crippen molar-refractivity contribution < 1.29 is 0 Å². The molecule has 0 saturated heterocycles. The molecular formula is C14H16N2. The summed E-state index contributed by atoms with van der Waals surface area (Å²) in [4.78, 5) is 4.38. The van der Waals surface area contributed by atoms with Gasteiger partial charge in [-0.1, -0.05) is 29.8 Å². The van der Waals surface area contributed by atoms with Crippen LogP contribution in [0, 0.1) is 13.8 Å². The normalized spacial score (nSPS) is 10.2. The van der Waals surface area contributed by atoms with Crippen LogP contribution >= 0.6 is 0 Å². The summed E-state index contributed by atoms with van der Waals surface area (Å²) in [6, 6.07) is 10.7. The first-order valence-electron chi connectivity index (χ1n) is 5.42. The minimum absolute atomic E-state index is 0.941. The maximum Gasteiger partial charge on any atom is 0.128 e. The van der Waals surface area contributed by atoms with Crippen molar-refractivity contribution in [2.24, 2.45) is 0 Å². The molecule has 0 atom stereocenters. The van der Waals surface area contributed by atoms with E-state index < -0.39 is 0 Å². The summed E-state index contributed by atoms with van der Waals surface area (Å²) in [7, 11) is 1.89. The zero-order valence-corrected chi connectivity index (χ0v) is 9.91. The van der Waals surface area contributed by atoms with Gasteiger partial charge in [0.1, 0.15) is 5.82 Å². The van der Waals surface area contributed by atoms with Gasteiger partial charge in [-0.2, -0.15) is 0 Å². The van der Waals surface area contributed by atoms with Gasteiger partial charge < -0.3 is 5.32 Å². The van der Waals surface area contributed by atoms with Crippen molar-refractivity contribution in [1.82, 2.24) is 4.98 Å². The molecule has 0 spiro atoms. The van der Waals surface area contributed by atoms with E-state index in [1.54, 1.807) is 0 Å². The Kier molecular flexibility index (Phi) is 2.91. The molecule has 0 radical (unpaired) electrons. The average Bonchev–Trinajstić information content (AvgIpc) is 2.30. The number of anilines is 1. The molecule has 0 amide bonds. The van der Waals surface area contributed by atoms with Crippen molar-refractivity contribution in [2.45, 2.75) is 13.8 Å². The highest BCUT2D eigenvalue weighted by Gasteiger charge is 2.01. The van der Waals surface area contributed by atoms with Gasteiger partial charge in [0, 0.05) is 18.8 Å². The Hall–Kier alpha value is -1.83. The van der Waals surface area contributed by atoms with Gasteiger partial charge in [-0.3, -0.25) is 0 Å². The Morgan fingerprint density at radius 3 is 2.25 bits per heavy atom. The summed E-state index contributed by atoms with van der Waals surface area (Å²) < 4.78 is 0. The van der Waals surface area contributed by atoms with Gasteiger partial charge in [-0.15, -0.1) is 0 Å². The molecule has 1 heterocycles. The van der Waals surface area contributed by atoms with Crippen LogP contribution in [0.15, 0.2) is 36.5 Å². The first kappa shape index (κ1) is 10.7. The van der Waals surface area contributed by atoms with E-state index in [0.29, 0.717) is 0 Å². The molecule has 1 aromatic heterocycles. The molecule has 0 fully saturated rings. The summed E-state index contributed by atoms with van der Waals surface area (Å²) in [6.45, 7) is 4.16. The molecule has 0 aliphatic heterocycles. The van der Waals surface area contributed by atoms with E-state index in [9.17, 15) is 0 Å². The van der Waals surface area contributed by atoms with Crippen LogP contribution in [0.1, 0.15) is 11.1 Å². The van der Waals surface area contributed by atoms with Crippen LogP contribution in [-0.2, 0) is 0 Å². The van der Waals surface area contributed by atoms with Crippen molar-refractivity contribution in [3.8, 4) is 11.1 Å². The quantitative estimate of drug-likeness (QED) is 0.825. The second-order valence-electron chi connectivity index (χ2n) is 4.01. The maximum absolute atomic E-state index is 4.38. The van der Waals surface area contributed by atoms with E-state index in [1.165, 1.54) is 16.7 Å². The summed E-state index contributed by atoms with van der Waals surface area (Å²) in [5.74, 6) is 0.941. The predicted octanol–water partition coefficient (Wildman–Crippen LogP) is 3.41. The number of aryl methyl sites for hydroxylation is 2. The van der Waals surface area contributed by atoms with E-state index in [1.807, 2.05) is 13.2 Å². The first-order chi connectivity index (χ1) is 7.70. The zero-order valence-electron chi connectivity index (χ0n) is 9.91. The zero-order chi connectivity index (χ0) is 11.5. The molecule has 2 rings (SSSR count). The lowest BCUT2D eigenvalue weighted by molar-refractivity contribution is 1.24. The molecule has 0 aliphatic rings. The highest BCUT2D eigenvalue weighted by Crippen LogP contribution is 2.22. The standard InChI is InChI=1S/C14H16N2/c1-10-4-6-12(7-5-10)13-8-11(2)14(15-3)16-9-13/h4-9H,1-3H3,(H,15,16). The number of nitrogens with one attached hydrogen (secondary N) is 1. The Labute approximate surface area is 96.4 Å². The highest BCUT2D eigenvalue weighted by molar-refractivity contribution is 5.65. The van der Waals surface area contributed by atoms with Crippen LogP contribution in [0.25, 0.3) is 11.1 Å². The molecular weight excluding hydrogens is 196 g/mol. The fraction of sp³-hybridized carbons (Fsp3) is 0.214. The van der Waals surface area contributed by atoms with Crippen LogP contribution in [0.5, 0.6) is 0 Å².